The Labute approximate surface area is 101 Å². The first-order chi connectivity index (χ1) is 7.81. The molecule has 0 fully saturated rings. The third-order valence-electron chi connectivity index (χ3n) is 2.57. The smallest absolute Gasteiger partial charge is 0.218 e. The summed E-state index contributed by atoms with van der Waals surface area (Å²) in [6.07, 6.45) is 0.243. The lowest BCUT2D eigenvalue weighted by molar-refractivity contribution is -0.118. The third-order valence-corrected chi connectivity index (χ3v) is 2.57. The molecule has 5 heteroatoms. The minimum Gasteiger partial charge on any atom is -0.463 e. The van der Waals surface area contributed by atoms with Gasteiger partial charge >= 0.3 is 0 Å². The van der Waals surface area contributed by atoms with Crippen molar-refractivity contribution in [1.29, 1.82) is 0 Å². The number of hydrogen-bond acceptors (Lipinski definition) is 4. The summed E-state index contributed by atoms with van der Waals surface area (Å²) >= 11 is 0. The maximum Gasteiger partial charge on any atom is 0.218 e. The minimum atomic E-state index is -1.10. The first-order valence-corrected chi connectivity index (χ1v) is 5.62. The molecule has 2 unspecified atom stereocenters. The highest BCUT2D eigenvalue weighted by Gasteiger charge is 2.27. The molecule has 1 heterocycles. The van der Waals surface area contributed by atoms with Gasteiger partial charge < -0.3 is 20.6 Å². The maximum atomic E-state index is 10.7. The minimum absolute atomic E-state index is 0.0740. The first-order valence-electron chi connectivity index (χ1n) is 5.62. The number of carbonyl (C=O) groups excluding carboxylic acids is 1. The molecule has 0 radical (unpaired) electrons. The zero-order valence-electron chi connectivity index (χ0n) is 10.5. The lowest BCUT2D eigenvalue weighted by Crippen LogP contribution is -2.41. The lowest BCUT2D eigenvalue weighted by atomic mass is 10.0. The molecule has 17 heavy (non-hydrogen) atoms. The number of primary amides is 1. The number of carbonyl (C=O) groups is 1. The van der Waals surface area contributed by atoms with E-state index < -0.39 is 5.60 Å². The number of rotatable bonds is 6. The van der Waals surface area contributed by atoms with Crippen LogP contribution in [0.1, 0.15) is 31.8 Å². The van der Waals surface area contributed by atoms with Crippen LogP contribution in [0.3, 0.4) is 0 Å². The summed E-state index contributed by atoms with van der Waals surface area (Å²) in [6.45, 7) is 5.63. The van der Waals surface area contributed by atoms with Crippen LogP contribution in [0.25, 0.3) is 0 Å². The molecule has 1 aromatic heterocycles. The second kappa shape index (κ2) is 5.33. The van der Waals surface area contributed by atoms with E-state index in [1.165, 1.54) is 0 Å². The van der Waals surface area contributed by atoms with E-state index in [2.05, 4.69) is 5.32 Å². The zero-order valence-corrected chi connectivity index (χ0v) is 10.5. The molecule has 0 aliphatic carbocycles. The largest absolute Gasteiger partial charge is 0.463 e. The molecule has 0 aromatic carbocycles. The van der Waals surface area contributed by atoms with Gasteiger partial charge in [-0.3, -0.25) is 4.79 Å². The summed E-state index contributed by atoms with van der Waals surface area (Å²) in [7, 11) is 0. The van der Waals surface area contributed by atoms with Crippen molar-refractivity contribution in [3.63, 3.8) is 0 Å². The molecule has 1 amide bonds. The van der Waals surface area contributed by atoms with Crippen molar-refractivity contribution in [3.05, 3.63) is 23.7 Å². The normalized spacial score (nSPS) is 16.5. The zero-order chi connectivity index (χ0) is 13.1. The van der Waals surface area contributed by atoms with Crippen LogP contribution >= 0.6 is 0 Å². The van der Waals surface area contributed by atoms with E-state index >= 15 is 0 Å². The quantitative estimate of drug-likeness (QED) is 0.681. The fourth-order valence-corrected chi connectivity index (χ4v) is 1.56. The van der Waals surface area contributed by atoms with Gasteiger partial charge in [0.05, 0.1) is 0 Å². The van der Waals surface area contributed by atoms with Gasteiger partial charge in [-0.2, -0.15) is 0 Å². The molecule has 96 valence electrons. The monoisotopic (exact) mass is 240 g/mol. The highest BCUT2D eigenvalue weighted by molar-refractivity contribution is 5.74. The number of aliphatic hydroxyl groups is 1. The Hall–Kier alpha value is -1.33. The van der Waals surface area contributed by atoms with Crippen LogP contribution in [0.2, 0.25) is 0 Å². The van der Waals surface area contributed by atoms with Crippen molar-refractivity contribution in [2.75, 3.05) is 6.54 Å². The van der Waals surface area contributed by atoms with E-state index in [0.717, 1.165) is 5.76 Å². The summed E-state index contributed by atoms with van der Waals surface area (Å²) in [4.78, 5) is 10.7. The van der Waals surface area contributed by atoms with Crippen molar-refractivity contribution in [2.24, 2.45) is 5.73 Å². The molecular weight excluding hydrogens is 220 g/mol. The fraction of sp³-hybridized carbons (Fsp3) is 0.583. The predicted molar refractivity (Wildman–Crippen MR) is 64.3 cm³/mol. The van der Waals surface area contributed by atoms with E-state index in [1.54, 1.807) is 19.1 Å². The first kappa shape index (κ1) is 13.7. The highest BCUT2D eigenvalue weighted by atomic mass is 16.4. The highest BCUT2D eigenvalue weighted by Crippen LogP contribution is 2.22. The summed E-state index contributed by atoms with van der Waals surface area (Å²) in [5.41, 5.74) is 3.99. The van der Waals surface area contributed by atoms with Gasteiger partial charge in [-0.25, -0.2) is 0 Å². The number of furan rings is 1. The summed E-state index contributed by atoms with van der Waals surface area (Å²) in [6, 6.07) is 3.47. The van der Waals surface area contributed by atoms with Gasteiger partial charge in [0.2, 0.25) is 5.91 Å². The van der Waals surface area contributed by atoms with Gasteiger partial charge in [0, 0.05) is 19.0 Å². The topological polar surface area (TPSA) is 88.5 Å². The van der Waals surface area contributed by atoms with Gasteiger partial charge in [-0.1, -0.05) is 0 Å². The average Bonchev–Trinajstić information content (AvgIpc) is 2.62. The lowest BCUT2D eigenvalue weighted by Gasteiger charge is -2.23. The van der Waals surface area contributed by atoms with Crippen LogP contribution in [0.15, 0.2) is 16.5 Å². The number of nitrogens with one attached hydrogen (secondary N) is 1. The van der Waals surface area contributed by atoms with Crippen molar-refractivity contribution < 1.29 is 14.3 Å². The van der Waals surface area contributed by atoms with E-state index in [9.17, 15) is 9.90 Å². The molecule has 0 aliphatic rings. The van der Waals surface area contributed by atoms with Crippen LogP contribution in [-0.4, -0.2) is 23.6 Å². The molecule has 0 spiro atoms. The maximum absolute atomic E-state index is 10.7. The molecule has 4 N–H and O–H groups in total. The average molecular weight is 240 g/mol. The number of amides is 1. The van der Waals surface area contributed by atoms with E-state index in [0.29, 0.717) is 12.3 Å². The van der Waals surface area contributed by atoms with Crippen LogP contribution < -0.4 is 11.1 Å². The fourth-order valence-electron chi connectivity index (χ4n) is 1.56. The van der Waals surface area contributed by atoms with Crippen LogP contribution in [0.5, 0.6) is 0 Å². The van der Waals surface area contributed by atoms with Gasteiger partial charge in [0.25, 0.3) is 0 Å². The second-order valence-corrected chi connectivity index (χ2v) is 4.64. The molecule has 0 saturated heterocycles. The second-order valence-electron chi connectivity index (χ2n) is 4.64. The van der Waals surface area contributed by atoms with E-state index in [4.69, 9.17) is 10.2 Å². The number of hydrogen-bond donors (Lipinski definition) is 3. The summed E-state index contributed by atoms with van der Waals surface area (Å²) < 4.78 is 5.38. The Morgan fingerprint density at radius 2 is 2.29 bits per heavy atom. The Morgan fingerprint density at radius 3 is 2.76 bits per heavy atom. The van der Waals surface area contributed by atoms with Crippen molar-refractivity contribution >= 4 is 5.91 Å². The summed E-state index contributed by atoms with van der Waals surface area (Å²) in [5.74, 6) is 0.901. The molecule has 0 bridgehead atoms. The SMILES string of the molecule is Cc1ccc(C(C)(O)CNC(C)CC(N)=O)o1. The Kier molecular flexibility index (Phi) is 4.31. The van der Waals surface area contributed by atoms with E-state index in [1.807, 2.05) is 13.8 Å². The number of aryl methyl sites for hydroxylation is 1. The van der Waals surface area contributed by atoms with Gasteiger partial charge in [-0.15, -0.1) is 0 Å². The molecule has 0 aliphatic heterocycles. The van der Waals surface area contributed by atoms with Gasteiger partial charge in [-0.05, 0) is 32.9 Å². The Bertz CT molecular complexity index is 385. The molecule has 0 saturated carbocycles. The van der Waals surface area contributed by atoms with Crippen LogP contribution in [0.4, 0.5) is 0 Å². The van der Waals surface area contributed by atoms with Crippen LogP contribution in [-0.2, 0) is 10.4 Å². The molecular formula is C12H20N2O3. The molecule has 1 rings (SSSR count). The predicted octanol–water partition coefficient (Wildman–Crippen LogP) is 0.649. The van der Waals surface area contributed by atoms with Crippen molar-refractivity contribution in [3.8, 4) is 0 Å². The van der Waals surface area contributed by atoms with Gasteiger partial charge in [0.1, 0.15) is 17.1 Å². The number of nitrogens with two attached hydrogens (primary N) is 1. The van der Waals surface area contributed by atoms with Crippen LogP contribution in [0, 0.1) is 6.92 Å². The molecule has 5 nitrogen and oxygen atoms in total. The Morgan fingerprint density at radius 1 is 1.65 bits per heavy atom. The van der Waals surface area contributed by atoms with E-state index in [-0.39, 0.29) is 18.4 Å². The summed E-state index contributed by atoms with van der Waals surface area (Å²) in [5, 5.41) is 13.3. The third kappa shape index (κ3) is 4.20. The molecule has 1 aromatic rings. The van der Waals surface area contributed by atoms with Gasteiger partial charge in [0.15, 0.2) is 0 Å². The van der Waals surface area contributed by atoms with Crippen molar-refractivity contribution in [2.45, 2.75) is 38.8 Å². The Balaban J connectivity index is 2.52. The molecule has 2 atom stereocenters. The van der Waals surface area contributed by atoms with Crippen molar-refractivity contribution in [1.82, 2.24) is 5.32 Å². The standard InChI is InChI=1S/C12H20N2O3/c1-8(6-11(13)15)14-7-12(3,16)10-5-4-9(2)17-10/h4-5,8,14,16H,6-7H2,1-3H3,(H2,13,15).